The van der Waals surface area contributed by atoms with Gasteiger partial charge in [-0.15, -0.1) is 0 Å². The Kier molecular flexibility index (Phi) is 4.07. The van der Waals surface area contributed by atoms with Crippen molar-refractivity contribution >= 4 is 23.2 Å². The standard InChI is InChI=1S/C10H12N2OS/c11-10(14)12-9(13)7-6-8-4-2-1-3-5-8/h1-5H,6-7H2,(H3,11,12,13,14). The highest BCUT2D eigenvalue weighted by Crippen LogP contribution is 2.01. The molecule has 1 aromatic carbocycles. The van der Waals surface area contributed by atoms with E-state index in [1.54, 1.807) is 0 Å². The summed E-state index contributed by atoms with van der Waals surface area (Å²) in [7, 11) is 0. The SMILES string of the molecule is NC(=S)NC(=O)CCc1ccccc1. The molecule has 0 unspecified atom stereocenters. The van der Waals surface area contributed by atoms with Crippen molar-refractivity contribution in [1.82, 2.24) is 5.32 Å². The molecule has 1 amide bonds. The highest BCUT2D eigenvalue weighted by molar-refractivity contribution is 7.80. The molecule has 0 spiro atoms. The van der Waals surface area contributed by atoms with Gasteiger partial charge in [-0.3, -0.25) is 4.79 Å². The molecule has 1 rings (SSSR count). The number of nitrogens with one attached hydrogen (secondary N) is 1. The summed E-state index contributed by atoms with van der Waals surface area (Å²) < 4.78 is 0. The Balaban J connectivity index is 2.34. The van der Waals surface area contributed by atoms with E-state index in [9.17, 15) is 4.79 Å². The molecule has 0 aliphatic carbocycles. The second-order valence-corrected chi connectivity index (χ2v) is 3.34. The van der Waals surface area contributed by atoms with Gasteiger partial charge >= 0.3 is 0 Å². The van der Waals surface area contributed by atoms with Crippen LogP contribution in [0.4, 0.5) is 0 Å². The summed E-state index contributed by atoms with van der Waals surface area (Å²) in [5, 5.41) is 2.41. The van der Waals surface area contributed by atoms with Crippen LogP contribution in [0.2, 0.25) is 0 Å². The number of aryl methyl sites for hydroxylation is 1. The summed E-state index contributed by atoms with van der Waals surface area (Å²) in [6.07, 6.45) is 1.11. The molecular weight excluding hydrogens is 196 g/mol. The topological polar surface area (TPSA) is 55.1 Å². The molecule has 14 heavy (non-hydrogen) atoms. The van der Waals surface area contributed by atoms with Crippen molar-refractivity contribution in [3.8, 4) is 0 Å². The van der Waals surface area contributed by atoms with E-state index < -0.39 is 0 Å². The lowest BCUT2D eigenvalue weighted by Gasteiger charge is -2.02. The Bertz CT molecular complexity index is 324. The second kappa shape index (κ2) is 5.34. The minimum atomic E-state index is -0.138. The molecule has 1 aromatic rings. The average Bonchev–Trinajstić information content (AvgIpc) is 2.15. The van der Waals surface area contributed by atoms with Crippen molar-refractivity contribution in [3.63, 3.8) is 0 Å². The Morgan fingerprint density at radius 3 is 2.57 bits per heavy atom. The first-order chi connectivity index (χ1) is 6.68. The summed E-state index contributed by atoms with van der Waals surface area (Å²) in [6.45, 7) is 0. The van der Waals surface area contributed by atoms with Gasteiger partial charge in [0.15, 0.2) is 5.11 Å². The van der Waals surface area contributed by atoms with Crippen LogP contribution in [0.25, 0.3) is 0 Å². The van der Waals surface area contributed by atoms with Crippen LogP contribution < -0.4 is 11.1 Å². The first-order valence-corrected chi connectivity index (χ1v) is 4.72. The maximum atomic E-state index is 11.1. The Hall–Kier alpha value is -1.42. The van der Waals surface area contributed by atoms with E-state index in [2.05, 4.69) is 17.5 Å². The van der Waals surface area contributed by atoms with Crippen molar-refractivity contribution in [2.75, 3.05) is 0 Å². The van der Waals surface area contributed by atoms with Crippen LogP contribution in [-0.2, 0) is 11.2 Å². The minimum Gasteiger partial charge on any atom is -0.376 e. The van der Waals surface area contributed by atoms with E-state index in [1.807, 2.05) is 30.3 Å². The lowest BCUT2D eigenvalue weighted by molar-refractivity contribution is -0.119. The van der Waals surface area contributed by atoms with Gasteiger partial charge < -0.3 is 11.1 Å². The zero-order chi connectivity index (χ0) is 10.4. The van der Waals surface area contributed by atoms with Crippen LogP contribution >= 0.6 is 12.2 Å². The molecule has 74 valence electrons. The summed E-state index contributed by atoms with van der Waals surface area (Å²) in [5.41, 5.74) is 6.29. The molecular formula is C10H12N2OS. The number of benzene rings is 1. The number of carbonyl (C=O) groups excluding carboxylic acids is 1. The van der Waals surface area contributed by atoms with E-state index in [0.717, 1.165) is 5.56 Å². The third kappa shape index (κ3) is 4.00. The van der Waals surface area contributed by atoms with Gasteiger partial charge in [0.1, 0.15) is 0 Å². The van der Waals surface area contributed by atoms with Gasteiger partial charge in [-0.1, -0.05) is 30.3 Å². The summed E-state index contributed by atoms with van der Waals surface area (Å²) >= 11 is 4.55. The predicted molar refractivity (Wildman–Crippen MR) is 59.7 cm³/mol. The molecule has 0 fully saturated rings. The largest absolute Gasteiger partial charge is 0.376 e. The Morgan fingerprint density at radius 2 is 2.00 bits per heavy atom. The normalized spacial score (nSPS) is 9.43. The fourth-order valence-corrected chi connectivity index (χ4v) is 1.22. The van der Waals surface area contributed by atoms with Crippen LogP contribution in [0.3, 0.4) is 0 Å². The second-order valence-electron chi connectivity index (χ2n) is 2.90. The van der Waals surface area contributed by atoms with Crippen molar-refractivity contribution in [2.45, 2.75) is 12.8 Å². The fraction of sp³-hybridized carbons (Fsp3) is 0.200. The van der Waals surface area contributed by atoms with Gasteiger partial charge in [0.25, 0.3) is 0 Å². The fourth-order valence-electron chi connectivity index (χ4n) is 1.10. The van der Waals surface area contributed by atoms with Gasteiger partial charge in [0.05, 0.1) is 0 Å². The molecule has 0 aliphatic rings. The smallest absolute Gasteiger partial charge is 0.226 e. The molecule has 0 saturated heterocycles. The summed E-state index contributed by atoms with van der Waals surface area (Å²) in [6, 6.07) is 9.79. The summed E-state index contributed by atoms with van der Waals surface area (Å²) in [5.74, 6) is -0.138. The number of amides is 1. The molecule has 0 aromatic heterocycles. The first-order valence-electron chi connectivity index (χ1n) is 4.31. The monoisotopic (exact) mass is 208 g/mol. The van der Waals surface area contributed by atoms with E-state index >= 15 is 0 Å². The zero-order valence-corrected chi connectivity index (χ0v) is 8.51. The Labute approximate surface area is 88.3 Å². The Morgan fingerprint density at radius 1 is 1.36 bits per heavy atom. The van der Waals surface area contributed by atoms with E-state index in [-0.39, 0.29) is 11.0 Å². The van der Waals surface area contributed by atoms with Crippen LogP contribution in [0.1, 0.15) is 12.0 Å². The molecule has 0 heterocycles. The lowest BCUT2D eigenvalue weighted by Crippen LogP contribution is -2.34. The van der Waals surface area contributed by atoms with E-state index in [0.29, 0.717) is 12.8 Å². The number of rotatable bonds is 3. The van der Waals surface area contributed by atoms with Gasteiger partial charge in [-0.2, -0.15) is 0 Å². The van der Waals surface area contributed by atoms with Crippen molar-refractivity contribution < 1.29 is 4.79 Å². The van der Waals surface area contributed by atoms with Crippen LogP contribution in [0, 0.1) is 0 Å². The third-order valence-electron chi connectivity index (χ3n) is 1.75. The highest BCUT2D eigenvalue weighted by atomic mass is 32.1. The number of hydrogen-bond acceptors (Lipinski definition) is 2. The van der Waals surface area contributed by atoms with Crippen LogP contribution in [-0.4, -0.2) is 11.0 Å². The number of nitrogens with two attached hydrogens (primary N) is 1. The average molecular weight is 208 g/mol. The zero-order valence-electron chi connectivity index (χ0n) is 7.69. The van der Waals surface area contributed by atoms with E-state index in [4.69, 9.17) is 5.73 Å². The molecule has 0 aliphatic heterocycles. The van der Waals surface area contributed by atoms with Crippen molar-refractivity contribution in [1.29, 1.82) is 0 Å². The minimum absolute atomic E-state index is 0.0306. The molecule has 0 bridgehead atoms. The van der Waals surface area contributed by atoms with Gasteiger partial charge in [-0.25, -0.2) is 0 Å². The predicted octanol–water partition coefficient (Wildman–Crippen LogP) is 0.979. The molecule has 0 atom stereocenters. The number of thiocarbonyl (C=S) groups is 1. The molecule has 0 radical (unpaired) electrons. The van der Waals surface area contributed by atoms with Crippen LogP contribution in [0.5, 0.6) is 0 Å². The van der Waals surface area contributed by atoms with E-state index in [1.165, 1.54) is 0 Å². The quantitative estimate of drug-likeness (QED) is 0.728. The van der Waals surface area contributed by atoms with Crippen LogP contribution in [0.15, 0.2) is 30.3 Å². The highest BCUT2D eigenvalue weighted by Gasteiger charge is 2.01. The molecule has 3 N–H and O–H groups in total. The van der Waals surface area contributed by atoms with Gasteiger partial charge in [0, 0.05) is 6.42 Å². The lowest BCUT2D eigenvalue weighted by atomic mass is 10.1. The number of hydrogen-bond donors (Lipinski definition) is 2. The molecule has 0 saturated carbocycles. The maximum absolute atomic E-state index is 11.1. The van der Waals surface area contributed by atoms with Crippen molar-refractivity contribution in [3.05, 3.63) is 35.9 Å². The molecule has 4 heteroatoms. The molecule has 3 nitrogen and oxygen atoms in total. The summed E-state index contributed by atoms with van der Waals surface area (Å²) in [4.78, 5) is 11.1. The first kappa shape index (κ1) is 10.7. The van der Waals surface area contributed by atoms with Gasteiger partial charge in [0.2, 0.25) is 5.91 Å². The maximum Gasteiger partial charge on any atom is 0.226 e. The number of carbonyl (C=O) groups is 1. The van der Waals surface area contributed by atoms with Crippen molar-refractivity contribution in [2.24, 2.45) is 5.73 Å². The third-order valence-corrected chi connectivity index (χ3v) is 1.85. The van der Waals surface area contributed by atoms with Gasteiger partial charge in [-0.05, 0) is 24.2 Å².